The molecule has 0 aliphatic carbocycles. The highest BCUT2D eigenvalue weighted by Gasteiger charge is 2.21. The number of likely N-dealkylation sites (tertiary alicyclic amines) is 1. The van der Waals surface area contributed by atoms with Gasteiger partial charge in [-0.1, -0.05) is 23.7 Å². The molecule has 30 heavy (non-hydrogen) atoms. The highest BCUT2D eigenvalue weighted by atomic mass is 35.5. The molecule has 0 aromatic heterocycles. The molecule has 0 unspecified atom stereocenters. The van der Waals surface area contributed by atoms with E-state index in [-0.39, 0.29) is 18.4 Å². The Morgan fingerprint density at radius 3 is 2.67 bits per heavy atom. The lowest BCUT2D eigenvalue weighted by molar-refractivity contribution is -0.119. The number of carbonyl (C=O) groups excluding carboxylic acids is 2. The highest BCUT2D eigenvalue weighted by molar-refractivity contribution is 6.31. The molecular formula is C23H28ClN3O3. The summed E-state index contributed by atoms with van der Waals surface area (Å²) < 4.78 is 5.63. The smallest absolute Gasteiger partial charge is 0.255 e. The minimum absolute atomic E-state index is 0.0270. The predicted octanol–water partition coefficient (Wildman–Crippen LogP) is 3.88. The van der Waals surface area contributed by atoms with E-state index in [1.54, 1.807) is 18.2 Å². The SMILES string of the molecule is Cc1cccc(OCCNC(=O)CNc2cc(Cl)ccc2C(=O)N2CCCCC2)c1. The molecule has 1 aliphatic rings. The molecule has 6 nitrogen and oxygen atoms in total. The van der Waals surface area contributed by atoms with E-state index in [1.807, 2.05) is 36.1 Å². The molecule has 2 amide bonds. The second-order valence-corrected chi connectivity index (χ2v) is 7.85. The topological polar surface area (TPSA) is 70.7 Å². The Balaban J connectivity index is 1.49. The Hall–Kier alpha value is -2.73. The van der Waals surface area contributed by atoms with E-state index in [0.29, 0.717) is 29.4 Å². The van der Waals surface area contributed by atoms with Gasteiger partial charge in [0.1, 0.15) is 12.4 Å². The van der Waals surface area contributed by atoms with Crippen molar-refractivity contribution in [3.63, 3.8) is 0 Å². The zero-order valence-corrected chi connectivity index (χ0v) is 18.0. The number of nitrogens with one attached hydrogen (secondary N) is 2. The van der Waals surface area contributed by atoms with Gasteiger partial charge in [0, 0.05) is 23.8 Å². The van der Waals surface area contributed by atoms with Gasteiger partial charge >= 0.3 is 0 Å². The molecule has 1 heterocycles. The minimum atomic E-state index is -0.181. The Labute approximate surface area is 182 Å². The molecule has 0 spiro atoms. The molecule has 3 rings (SSSR count). The van der Waals surface area contributed by atoms with Crippen LogP contribution in [0, 0.1) is 6.92 Å². The maximum Gasteiger partial charge on any atom is 0.255 e. The largest absolute Gasteiger partial charge is 0.492 e. The van der Waals surface area contributed by atoms with Crippen molar-refractivity contribution < 1.29 is 14.3 Å². The molecule has 0 saturated carbocycles. The van der Waals surface area contributed by atoms with Gasteiger partial charge in [0.25, 0.3) is 5.91 Å². The first-order valence-corrected chi connectivity index (χ1v) is 10.7. The van der Waals surface area contributed by atoms with Crippen molar-refractivity contribution in [1.82, 2.24) is 10.2 Å². The normalized spacial score (nSPS) is 13.6. The average Bonchev–Trinajstić information content (AvgIpc) is 2.75. The number of anilines is 1. The lowest BCUT2D eigenvalue weighted by Crippen LogP contribution is -2.36. The Kier molecular flexibility index (Phi) is 7.97. The van der Waals surface area contributed by atoms with Crippen LogP contribution in [0.2, 0.25) is 5.02 Å². The summed E-state index contributed by atoms with van der Waals surface area (Å²) in [4.78, 5) is 26.9. The average molecular weight is 430 g/mol. The summed E-state index contributed by atoms with van der Waals surface area (Å²) >= 11 is 6.11. The fraction of sp³-hybridized carbons (Fsp3) is 0.391. The maximum atomic E-state index is 12.9. The van der Waals surface area contributed by atoms with Crippen LogP contribution in [-0.2, 0) is 4.79 Å². The second kappa shape index (κ2) is 10.9. The molecule has 0 radical (unpaired) electrons. The van der Waals surface area contributed by atoms with Crippen molar-refractivity contribution in [2.45, 2.75) is 26.2 Å². The summed E-state index contributed by atoms with van der Waals surface area (Å²) in [6, 6.07) is 12.9. The third-order valence-corrected chi connectivity index (χ3v) is 5.21. The van der Waals surface area contributed by atoms with E-state index in [4.69, 9.17) is 16.3 Å². The van der Waals surface area contributed by atoms with Crippen molar-refractivity contribution in [3.8, 4) is 5.75 Å². The summed E-state index contributed by atoms with van der Waals surface area (Å²) in [7, 11) is 0. The molecule has 1 aliphatic heterocycles. The quantitative estimate of drug-likeness (QED) is 0.625. The number of halogens is 1. The lowest BCUT2D eigenvalue weighted by atomic mass is 10.1. The van der Waals surface area contributed by atoms with Gasteiger partial charge < -0.3 is 20.3 Å². The number of hydrogen-bond donors (Lipinski definition) is 2. The van der Waals surface area contributed by atoms with Gasteiger partial charge in [-0.05, 0) is 62.1 Å². The van der Waals surface area contributed by atoms with Crippen LogP contribution in [0.25, 0.3) is 0 Å². The number of hydrogen-bond acceptors (Lipinski definition) is 4. The van der Waals surface area contributed by atoms with Gasteiger partial charge in [-0.2, -0.15) is 0 Å². The zero-order valence-electron chi connectivity index (χ0n) is 17.2. The van der Waals surface area contributed by atoms with Gasteiger partial charge in [-0.15, -0.1) is 0 Å². The standard InChI is InChI=1S/C23H28ClN3O3/c1-17-6-5-7-19(14-17)30-13-10-25-22(28)16-26-21-15-18(24)8-9-20(21)23(29)27-11-3-2-4-12-27/h5-9,14-15,26H,2-4,10-13,16H2,1H3,(H,25,28). The minimum Gasteiger partial charge on any atom is -0.492 e. The van der Waals surface area contributed by atoms with E-state index < -0.39 is 0 Å². The molecule has 1 saturated heterocycles. The number of rotatable bonds is 8. The summed E-state index contributed by atoms with van der Waals surface area (Å²) in [5.74, 6) is 0.571. The number of carbonyl (C=O) groups is 2. The van der Waals surface area contributed by atoms with Crippen LogP contribution in [0.4, 0.5) is 5.69 Å². The van der Waals surface area contributed by atoms with Crippen LogP contribution in [0.5, 0.6) is 5.75 Å². The van der Waals surface area contributed by atoms with Gasteiger partial charge in [0.15, 0.2) is 0 Å². The molecular weight excluding hydrogens is 402 g/mol. The summed E-state index contributed by atoms with van der Waals surface area (Å²) in [6.45, 7) is 4.35. The van der Waals surface area contributed by atoms with Crippen LogP contribution in [0.1, 0.15) is 35.2 Å². The maximum absolute atomic E-state index is 12.9. The van der Waals surface area contributed by atoms with Gasteiger partial charge in [0.05, 0.1) is 18.7 Å². The first kappa shape index (κ1) is 22.0. The van der Waals surface area contributed by atoms with Crippen LogP contribution >= 0.6 is 11.6 Å². The van der Waals surface area contributed by atoms with Crippen LogP contribution in [0.15, 0.2) is 42.5 Å². The van der Waals surface area contributed by atoms with Crippen molar-refractivity contribution in [2.75, 3.05) is 38.1 Å². The Morgan fingerprint density at radius 2 is 1.90 bits per heavy atom. The third-order valence-electron chi connectivity index (χ3n) is 4.98. The Morgan fingerprint density at radius 1 is 1.10 bits per heavy atom. The first-order chi connectivity index (χ1) is 14.5. The second-order valence-electron chi connectivity index (χ2n) is 7.41. The molecule has 2 N–H and O–H groups in total. The molecule has 2 aromatic rings. The van der Waals surface area contributed by atoms with Crippen LogP contribution in [0.3, 0.4) is 0 Å². The van der Waals surface area contributed by atoms with Gasteiger partial charge in [-0.3, -0.25) is 9.59 Å². The summed E-state index contributed by atoms with van der Waals surface area (Å²) in [6.07, 6.45) is 3.20. The third kappa shape index (κ3) is 6.39. The van der Waals surface area contributed by atoms with Crippen LogP contribution in [-0.4, -0.2) is 49.5 Å². The van der Waals surface area contributed by atoms with Crippen LogP contribution < -0.4 is 15.4 Å². The van der Waals surface area contributed by atoms with E-state index in [1.165, 1.54) is 0 Å². The predicted molar refractivity (Wildman–Crippen MR) is 119 cm³/mol. The molecule has 7 heteroatoms. The molecule has 0 atom stereocenters. The number of aryl methyl sites for hydroxylation is 1. The number of amides is 2. The molecule has 0 bridgehead atoms. The monoisotopic (exact) mass is 429 g/mol. The Bertz CT molecular complexity index is 882. The molecule has 2 aromatic carbocycles. The highest BCUT2D eigenvalue weighted by Crippen LogP contribution is 2.24. The number of piperidine rings is 1. The van der Waals surface area contributed by atoms with Gasteiger partial charge in [0.2, 0.25) is 5.91 Å². The number of ether oxygens (including phenoxy) is 1. The van der Waals surface area contributed by atoms with Crippen molar-refractivity contribution in [3.05, 3.63) is 58.6 Å². The molecule has 160 valence electrons. The van der Waals surface area contributed by atoms with Crippen molar-refractivity contribution in [2.24, 2.45) is 0 Å². The summed E-state index contributed by atoms with van der Waals surface area (Å²) in [5, 5.41) is 6.38. The van der Waals surface area contributed by atoms with E-state index in [9.17, 15) is 9.59 Å². The molecule has 1 fully saturated rings. The summed E-state index contributed by atoms with van der Waals surface area (Å²) in [5.41, 5.74) is 2.23. The van der Waals surface area contributed by atoms with E-state index in [2.05, 4.69) is 10.6 Å². The van der Waals surface area contributed by atoms with Crippen molar-refractivity contribution in [1.29, 1.82) is 0 Å². The van der Waals surface area contributed by atoms with Gasteiger partial charge in [-0.25, -0.2) is 0 Å². The van der Waals surface area contributed by atoms with E-state index >= 15 is 0 Å². The number of benzene rings is 2. The number of nitrogens with zero attached hydrogens (tertiary/aromatic N) is 1. The zero-order chi connectivity index (χ0) is 21.3. The lowest BCUT2D eigenvalue weighted by Gasteiger charge is -2.27. The fourth-order valence-electron chi connectivity index (χ4n) is 3.42. The first-order valence-electron chi connectivity index (χ1n) is 10.3. The van der Waals surface area contributed by atoms with Crippen molar-refractivity contribution >= 4 is 29.1 Å². The van der Waals surface area contributed by atoms with E-state index in [0.717, 1.165) is 43.7 Å². The fourth-order valence-corrected chi connectivity index (χ4v) is 3.59.